The van der Waals surface area contributed by atoms with E-state index in [4.69, 9.17) is 23.2 Å². The average molecular weight is 450 g/mol. The molecule has 0 aromatic carbocycles. The van der Waals surface area contributed by atoms with Crippen molar-refractivity contribution in [1.82, 2.24) is 25.4 Å². The van der Waals surface area contributed by atoms with E-state index in [2.05, 4.69) is 20.7 Å². The second-order valence-electron chi connectivity index (χ2n) is 8.61. The van der Waals surface area contributed by atoms with Crippen LogP contribution in [0.4, 0.5) is 0 Å². The van der Waals surface area contributed by atoms with Gasteiger partial charge in [-0.25, -0.2) is 0 Å². The highest BCUT2D eigenvalue weighted by molar-refractivity contribution is 6.33. The summed E-state index contributed by atoms with van der Waals surface area (Å²) in [5.74, 6) is 0.917. The van der Waals surface area contributed by atoms with Gasteiger partial charge in [-0.3, -0.25) is 14.5 Å². The number of hydrogen-bond donors (Lipinski definition) is 2. The summed E-state index contributed by atoms with van der Waals surface area (Å²) in [6.45, 7) is 3.75. The highest BCUT2D eigenvalue weighted by Gasteiger charge is 2.35. The first kappa shape index (κ1) is 21.6. The van der Waals surface area contributed by atoms with Gasteiger partial charge in [0.2, 0.25) is 0 Å². The summed E-state index contributed by atoms with van der Waals surface area (Å²) in [5.41, 5.74) is 3.05. The number of nitrogens with one attached hydrogen (secondary N) is 2. The van der Waals surface area contributed by atoms with E-state index < -0.39 is 0 Å². The van der Waals surface area contributed by atoms with Crippen LogP contribution in [0, 0.1) is 18.8 Å². The quantitative estimate of drug-likeness (QED) is 0.692. The van der Waals surface area contributed by atoms with E-state index in [1.54, 1.807) is 17.1 Å². The van der Waals surface area contributed by atoms with Crippen molar-refractivity contribution in [2.24, 2.45) is 18.9 Å². The summed E-state index contributed by atoms with van der Waals surface area (Å²) in [4.78, 5) is 17.5. The smallest absolute Gasteiger partial charge is 0.270 e. The van der Waals surface area contributed by atoms with Crippen LogP contribution in [0.25, 0.3) is 11.3 Å². The zero-order chi connectivity index (χ0) is 21.3. The Balaban J connectivity index is 1.49. The molecular formula is C22H29Cl2N5O. The number of halogens is 2. The summed E-state index contributed by atoms with van der Waals surface area (Å²) < 4.78 is 1.72. The van der Waals surface area contributed by atoms with Crippen LogP contribution in [0.3, 0.4) is 0 Å². The van der Waals surface area contributed by atoms with Gasteiger partial charge in [0.25, 0.3) is 5.91 Å². The van der Waals surface area contributed by atoms with Gasteiger partial charge < -0.3 is 10.6 Å². The Hall–Kier alpha value is -1.63. The molecule has 1 aliphatic carbocycles. The number of pyridine rings is 1. The number of amides is 1. The van der Waals surface area contributed by atoms with Gasteiger partial charge in [-0.15, -0.1) is 11.6 Å². The molecule has 1 amide bonds. The summed E-state index contributed by atoms with van der Waals surface area (Å²) >= 11 is 12.7. The topological polar surface area (TPSA) is 71.8 Å². The number of alkyl halides is 1. The van der Waals surface area contributed by atoms with Gasteiger partial charge in [0.1, 0.15) is 5.69 Å². The first-order valence-electron chi connectivity index (χ1n) is 10.7. The van der Waals surface area contributed by atoms with Crippen LogP contribution in [0.2, 0.25) is 5.02 Å². The number of rotatable bonds is 4. The van der Waals surface area contributed by atoms with Gasteiger partial charge in [-0.05, 0) is 56.2 Å². The number of nitrogens with zero attached hydrogens (tertiary/aromatic N) is 3. The lowest BCUT2D eigenvalue weighted by molar-refractivity contribution is 0.0868. The van der Waals surface area contributed by atoms with Crippen LogP contribution in [-0.2, 0) is 7.05 Å². The third-order valence-electron chi connectivity index (χ3n) is 6.60. The number of aromatic nitrogens is 3. The number of aryl methyl sites for hydroxylation is 2. The molecule has 2 aromatic rings. The molecule has 3 heterocycles. The van der Waals surface area contributed by atoms with Crippen molar-refractivity contribution in [3.63, 3.8) is 0 Å². The van der Waals surface area contributed by atoms with Gasteiger partial charge in [0, 0.05) is 36.8 Å². The van der Waals surface area contributed by atoms with Crippen LogP contribution in [0.15, 0.2) is 18.5 Å². The van der Waals surface area contributed by atoms with Gasteiger partial charge in [0.05, 0.1) is 16.9 Å². The molecule has 30 heavy (non-hydrogen) atoms. The molecule has 2 unspecified atom stereocenters. The monoisotopic (exact) mass is 449 g/mol. The highest BCUT2D eigenvalue weighted by Crippen LogP contribution is 2.37. The number of piperidine rings is 1. The lowest BCUT2D eigenvalue weighted by Gasteiger charge is -2.40. The second kappa shape index (κ2) is 9.25. The van der Waals surface area contributed by atoms with Crippen LogP contribution in [-0.4, -0.2) is 45.2 Å². The van der Waals surface area contributed by atoms with E-state index in [0.717, 1.165) is 49.2 Å². The van der Waals surface area contributed by atoms with Crippen molar-refractivity contribution in [3.05, 3.63) is 34.7 Å². The normalized spacial score (nSPS) is 27.1. The summed E-state index contributed by atoms with van der Waals surface area (Å²) in [6.07, 6.45) is 8.95. The molecule has 2 N–H and O–H groups in total. The molecule has 1 saturated heterocycles. The van der Waals surface area contributed by atoms with Gasteiger partial charge in [-0.1, -0.05) is 24.4 Å². The fourth-order valence-corrected chi connectivity index (χ4v) is 5.69. The molecule has 4 rings (SSSR count). The first-order valence-corrected chi connectivity index (χ1v) is 11.6. The number of carbonyl (C=O) groups excluding carboxylic acids is 1. The Kier molecular flexibility index (Phi) is 6.66. The minimum Gasteiger partial charge on any atom is -0.346 e. The predicted octanol–water partition coefficient (Wildman–Crippen LogP) is 3.95. The molecule has 6 nitrogen and oxygen atoms in total. The van der Waals surface area contributed by atoms with Crippen LogP contribution < -0.4 is 10.6 Å². The van der Waals surface area contributed by atoms with Gasteiger partial charge in [-0.2, -0.15) is 5.10 Å². The van der Waals surface area contributed by atoms with Gasteiger partial charge >= 0.3 is 0 Å². The molecule has 8 heteroatoms. The summed E-state index contributed by atoms with van der Waals surface area (Å²) in [7, 11) is 1.84. The molecule has 2 fully saturated rings. The Morgan fingerprint density at radius 3 is 2.83 bits per heavy atom. The molecule has 4 atom stereocenters. The number of carbonyl (C=O) groups is 1. The van der Waals surface area contributed by atoms with Gasteiger partial charge in [0.15, 0.2) is 0 Å². The number of hydrogen-bond acceptors (Lipinski definition) is 4. The molecule has 1 aliphatic heterocycles. The molecule has 0 radical (unpaired) electrons. The minimum atomic E-state index is -0.127. The Labute approximate surface area is 187 Å². The average Bonchev–Trinajstić information content (AvgIpc) is 3.06. The van der Waals surface area contributed by atoms with E-state index in [0.29, 0.717) is 22.6 Å². The zero-order valence-electron chi connectivity index (χ0n) is 17.5. The Morgan fingerprint density at radius 1 is 1.30 bits per heavy atom. The van der Waals surface area contributed by atoms with Crippen LogP contribution in [0.1, 0.15) is 48.2 Å². The molecular weight excluding hydrogens is 421 g/mol. The Morgan fingerprint density at radius 2 is 2.13 bits per heavy atom. The van der Waals surface area contributed by atoms with E-state index in [1.165, 1.54) is 12.8 Å². The first-order chi connectivity index (χ1) is 14.4. The Bertz CT molecular complexity index is 895. The predicted molar refractivity (Wildman–Crippen MR) is 120 cm³/mol. The maximum Gasteiger partial charge on any atom is 0.270 e. The lowest BCUT2D eigenvalue weighted by atomic mass is 9.73. The second-order valence-corrected chi connectivity index (χ2v) is 9.63. The maximum absolute atomic E-state index is 13.0. The van der Waals surface area contributed by atoms with E-state index in [9.17, 15) is 4.79 Å². The minimum absolute atomic E-state index is 0.103. The SMILES string of the molecule is Cc1cc(C(=O)N[C@H]2CNCC[C@@H]2C2CCCC(Cl)C2)ncc1-c1c(Cl)cnn1C. The highest BCUT2D eigenvalue weighted by atomic mass is 35.5. The van der Waals surface area contributed by atoms with Crippen molar-refractivity contribution in [1.29, 1.82) is 0 Å². The van der Waals surface area contributed by atoms with Crippen molar-refractivity contribution in [3.8, 4) is 11.3 Å². The van der Waals surface area contributed by atoms with Crippen molar-refractivity contribution in [2.75, 3.05) is 13.1 Å². The largest absolute Gasteiger partial charge is 0.346 e. The lowest BCUT2D eigenvalue weighted by Crippen LogP contribution is -2.53. The van der Waals surface area contributed by atoms with Crippen LogP contribution >= 0.6 is 23.2 Å². The molecule has 0 bridgehead atoms. The molecule has 2 aliphatic rings. The van der Waals surface area contributed by atoms with E-state index >= 15 is 0 Å². The molecule has 2 aromatic heterocycles. The van der Waals surface area contributed by atoms with E-state index in [-0.39, 0.29) is 17.3 Å². The fourth-order valence-electron chi connectivity index (χ4n) is 5.04. The van der Waals surface area contributed by atoms with Crippen molar-refractivity contribution in [2.45, 2.75) is 50.4 Å². The van der Waals surface area contributed by atoms with Crippen molar-refractivity contribution < 1.29 is 4.79 Å². The van der Waals surface area contributed by atoms with Crippen LogP contribution in [0.5, 0.6) is 0 Å². The third-order valence-corrected chi connectivity index (χ3v) is 7.27. The third kappa shape index (κ3) is 4.51. The van der Waals surface area contributed by atoms with E-state index in [1.807, 2.05) is 20.0 Å². The summed E-state index contributed by atoms with van der Waals surface area (Å²) in [6, 6.07) is 1.93. The molecule has 1 saturated carbocycles. The standard InChI is InChI=1S/C22H29Cl2N5O/c1-13-8-19(26-10-17(13)21-18(24)11-27-29(21)2)22(30)28-20-12-25-7-6-16(20)14-4-3-5-15(23)9-14/h8,10-11,14-16,20,25H,3-7,9,12H2,1-2H3,(H,28,30)/t14?,15?,16-,20+/m1/s1. The maximum atomic E-state index is 13.0. The summed E-state index contributed by atoms with van der Waals surface area (Å²) in [5, 5.41) is 11.7. The zero-order valence-corrected chi connectivity index (χ0v) is 19.0. The molecule has 162 valence electrons. The van der Waals surface area contributed by atoms with Crippen molar-refractivity contribution >= 4 is 29.1 Å². The fraction of sp³-hybridized carbons (Fsp3) is 0.591. The molecule has 0 spiro atoms.